The molecule has 5 aromatic rings. The summed E-state index contributed by atoms with van der Waals surface area (Å²) in [6.45, 7) is 3.67. The van der Waals surface area contributed by atoms with Crippen LogP contribution in [0.4, 0.5) is 8.78 Å². The maximum absolute atomic E-state index is 13.7. The molecule has 0 aliphatic carbocycles. The van der Waals surface area contributed by atoms with Crippen molar-refractivity contribution in [3.8, 4) is 22.3 Å². The molecule has 1 saturated heterocycles. The van der Waals surface area contributed by atoms with Crippen LogP contribution in [-0.2, 0) is 10.0 Å². The molecule has 6 rings (SSSR count). The molecule has 206 valence electrons. The highest BCUT2D eigenvalue weighted by Crippen LogP contribution is 2.37. The number of fused-ring (bicyclic) bond motifs is 1. The molecule has 0 bridgehead atoms. The minimum absolute atomic E-state index is 0.0973. The third-order valence-corrected chi connectivity index (χ3v) is 9.26. The summed E-state index contributed by atoms with van der Waals surface area (Å²) in [5.74, 6) is 0. The molecular formula is C29H26ClF2N5O2S. The minimum atomic E-state index is -4.03. The Labute approximate surface area is 235 Å². The van der Waals surface area contributed by atoms with E-state index in [9.17, 15) is 17.2 Å². The van der Waals surface area contributed by atoms with E-state index < -0.39 is 16.4 Å². The molecule has 0 saturated carbocycles. The number of nitrogens with one attached hydrogen (secondary N) is 1. The van der Waals surface area contributed by atoms with Gasteiger partial charge in [0.1, 0.15) is 0 Å². The Balaban J connectivity index is 1.53. The summed E-state index contributed by atoms with van der Waals surface area (Å²) in [6, 6.07) is 14.5. The fraction of sp³-hybridized carbons (Fsp3) is 0.241. The van der Waals surface area contributed by atoms with Gasteiger partial charge in [-0.15, -0.1) is 0 Å². The van der Waals surface area contributed by atoms with Gasteiger partial charge in [-0.2, -0.15) is 5.10 Å². The molecule has 0 unspecified atom stereocenters. The number of pyridine rings is 1. The van der Waals surface area contributed by atoms with E-state index in [1.807, 2.05) is 17.8 Å². The highest BCUT2D eigenvalue weighted by Gasteiger charge is 2.25. The van der Waals surface area contributed by atoms with E-state index in [0.29, 0.717) is 32.8 Å². The van der Waals surface area contributed by atoms with E-state index in [1.165, 1.54) is 36.5 Å². The van der Waals surface area contributed by atoms with Crippen molar-refractivity contribution in [1.82, 2.24) is 24.1 Å². The van der Waals surface area contributed by atoms with Gasteiger partial charge in [-0.25, -0.2) is 26.2 Å². The average molecular weight is 582 g/mol. The largest absolute Gasteiger partial charge is 0.317 e. The second-order valence-corrected chi connectivity index (χ2v) is 12.1. The highest BCUT2D eigenvalue weighted by atomic mass is 35.5. The lowest BCUT2D eigenvalue weighted by atomic mass is 10.0. The zero-order chi connectivity index (χ0) is 28.0. The first-order chi connectivity index (χ1) is 19.2. The van der Waals surface area contributed by atoms with E-state index >= 15 is 0 Å². The number of nitrogens with zero attached hydrogens (tertiary/aromatic N) is 4. The molecule has 1 N–H and O–H groups in total. The molecule has 40 heavy (non-hydrogen) atoms. The van der Waals surface area contributed by atoms with Crippen molar-refractivity contribution in [3.63, 3.8) is 0 Å². The number of hydrogen-bond acceptors (Lipinski definition) is 5. The standard InChI is InChI=1S/C29H26ClF2N5O2S/c1-18-5-7-23(8-6-18)40(38,39)37-17-25(19-3-2-4-20(13-19)28(31)32)24-14-21(15-34-29(24)37)26-16-36(35-27(26)30)22-9-11-33-12-10-22/h2-8,13-17,22,28,33H,9-12H2,1H3. The molecule has 1 aliphatic rings. The smallest absolute Gasteiger partial charge is 0.269 e. The number of halogens is 3. The second kappa shape index (κ2) is 10.4. The van der Waals surface area contributed by atoms with Gasteiger partial charge in [-0.05, 0) is 62.7 Å². The Morgan fingerprint density at radius 1 is 1.00 bits per heavy atom. The zero-order valence-electron chi connectivity index (χ0n) is 21.6. The van der Waals surface area contributed by atoms with Crippen LogP contribution in [-0.4, -0.2) is 40.2 Å². The Bertz CT molecular complexity index is 1810. The van der Waals surface area contributed by atoms with E-state index in [1.54, 1.807) is 30.5 Å². The molecule has 11 heteroatoms. The molecule has 3 aromatic heterocycles. The molecule has 2 aromatic carbocycles. The van der Waals surface area contributed by atoms with Gasteiger partial charge >= 0.3 is 0 Å². The number of piperidine rings is 1. The maximum atomic E-state index is 13.7. The summed E-state index contributed by atoms with van der Waals surface area (Å²) in [5.41, 5.74) is 3.18. The molecule has 1 aliphatic heterocycles. The summed E-state index contributed by atoms with van der Waals surface area (Å²) in [5, 5.41) is 8.68. The fourth-order valence-corrected chi connectivity index (χ4v) is 6.70. The van der Waals surface area contributed by atoms with Crippen LogP contribution in [0.1, 0.15) is 36.4 Å². The van der Waals surface area contributed by atoms with Gasteiger partial charge in [0.25, 0.3) is 16.4 Å². The number of rotatable bonds is 6. The molecule has 7 nitrogen and oxygen atoms in total. The number of alkyl halides is 2. The van der Waals surface area contributed by atoms with Crippen LogP contribution in [0.3, 0.4) is 0 Å². The highest BCUT2D eigenvalue weighted by molar-refractivity contribution is 7.90. The molecule has 1 fully saturated rings. The number of benzene rings is 2. The summed E-state index contributed by atoms with van der Waals surface area (Å²) < 4.78 is 57.6. The van der Waals surface area contributed by atoms with Crippen LogP contribution >= 0.6 is 11.6 Å². The summed E-state index contributed by atoms with van der Waals surface area (Å²) >= 11 is 6.57. The first kappa shape index (κ1) is 26.6. The number of hydrogen-bond donors (Lipinski definition) is 1. The van der Waals surface area contributed by atoms with E-state index in [0.717, 1.165) is 35.5 Å². The lowest BCUT2D eigenvalue weighted by molar-refractivity contribution is 0.151. The monoisotopic (exact) mass is 581 g/mol. The second-order valence-electron chi connectivity index (χ2n) is 9.97. The quantitative estimate of drug-likeness (QED) is 0.243. The molecule has 0 spiro atoms. The van der Waals surface area contributed by atoms with Crippen molar-refractivity contribution in [2.75, 3.05) is 13.1 Å². The van der Waals surface area contributed by atoms with Crippen molar-refractivity contribution in [2.24, 2.45) is 0 Å². The minimum Gasteiger partial charge on any atom is -0.317 e. The SMILES string of the molecule is Cc1ccc(S(=O)(=O)n2cc(-c3cccc(C(F)F)c3)c3cc(-c4cn(C5CCNCC5)nc4Cl)cnc32)cc1. The van der Waals surface area contributed by atoms with Crippen molar-refractivity contribution in [2.45, 2.75) is 37.1 Å². The normalized spacial score (nSPS) is 14.8. The Kier molecular flexibility index (Phi) is 6.93. The Hall–Kier alpha value is -3.60. The maximum Gasteiger partial charge on any atom is 0.269 e. The van der Waals surface area contributed by atoms with Crippen molar-refractivity contribution < 1.29 is 17.2 Å². The predicted octanol–water partition coefficient (Wildman–Crippen LogP) is 6.63. The van der Waals surface area contributed by atoms with Crippen LogP contribution in [0.15, 0.2) is 78.1 Å². The first-order valence-corrected chi connectivity index (χ1v) is 14.7. The van der Waals surface area contributed by atoms with Crippen molar-refractivity contribution in [1.29, 1.82) is 0 Å². The molecule has 0 radical (unpaired) electrons. The zero-order valence-corrected chi connectivity index (χ0v) is 23.1. The number of aromatic nitrogens is 4. The van der Waals surface area contributed by atoms with Crippen molar-refractivity contribution in [3.05, 3.63) is 89.5 Å². The molecule has 0 atom stereocenters. The third-order valence-electron chi connectivity index (χ3n) is 7.32. The van der Waals surface area contributed by atoms with E-state index in [-0.39, 0.29) is 22.1 Å². The molecule has 0 amide bonds. The van der Waals surface area contributed by atoms with E-state index in [2.05, 4.69) is 15.4 Å². The van der Waals surface area contributed by atoms with Gasteiger partial charge in [-0.1, -0.05) is 47.5 Å². The summed E-state index contributed by atoms with van der Waals surface area (Å²) in [4.78, 5) is 4.66. The van der Waals surface area contributed by atoms with Crippen LogP contribution in [0.2, 0.25) is 5.15 Å². The predicted molar refractivity (Wildman–Crippen MR) is 151 cm³/mol. The van der Waals surface area contributed by atoms with Crippen LogP contribution in [0, 0.1) is 6.92 Å². The van der Waals surface area contributed by atoms with Gasteiger partial charge in [0, 0.05) is 46.2 Å². The Morgan fingerprint density at radius 3 is 2.48 bits per heavy atom. The van der Waals surface area contributed by atoms with Crippen LogP contribution in [0.5, 0.6) is 0 Å². The first-order valence-electron chi connectivity index (χ1n) is 12.9. The fourth-order valence-electron chi connectivity index (χ4n) is 5.13. The lowest BCUT2D eigenvalue weighted by Crippen LogP contribution is -2.29. The van der Waals surface area contributed by atoms with Gasteiger partial charge in [0.2, 0.25) is 0 Å². The summed E-state index contributed by atoms with van der Waals surface area (Å²) in [7, 11) is -4.03. The van der Waals surface area contributed by atoms with E-state index in [4.69, 9.17) is 11.6 Å². The topological polar surface area (TPSA) is 81.8 Å². The average Bonchev–Trinajstić information content (AvgIpc) is 3.55. The van der Waals surface area contributed by atoms with Gasteiger partial charge < -0.3 is 5.32 Å². The van der Waals surface area contributed by atoms with Gasteiger partial charge in [0.15, 0.2) is 10.8 Å². The van der Waals surface area contributed by atoms with Gasteiger partial charge in [0.05, 0.1) is 10.9 Å². The summed E-state index contributed by atoms with van der Waals surface area (Å²) in [6.07, 6.45) is 4.09. The van der Waals surface area contributed by atoms with Crippen molar-refractivity contribution >= 4 is 32.7 Å². The third kappa shape index (κ3) is 4.80. The van der Waals surface area contributed by atoms with Gasteiger partial charge in [-0.3, -0.25) is 4.68 Å². The van der Waals surface area contributed by atoms with Crippen LogP contribution < -0.4 is 5.32 Å². The molecular weight excluding hydrogens is 556 g/mol. The number of aryl methyl sites for hydroxylation is 1. The Morgan fingerprint density at radius 2 is 1.75 bits per heavy atom. The molecule has 4 heterocycles. The lowest BCUT2D eigenvalue weighted by Gasteiger charge is -2.22. The van der Waals surface area contributed by atoms with Crippen LogP contribution in [0.25, 0.3) is 33.3 Å².